The minimum Gasteiger partial charge on any atom is -0.464 e. The molecular formula is C30H58O6. The first-order valence-electron chi connectivity index (χ1n) is 14.9. The molecule has 0 radical (unpaired) electrons. The van der Waals surface area contributed by atoms with Crippen LogP contribution in [0.2, 0.25) is 0 Å². The Balaban J connectivity index is 3.63. The van der Waals surface area contributed by atoms with Crippen LogP contribution in [0, 0.1) is 11.8 Å². The van der Waals surface area contributed by atoms with Crippen LogP contribution in [0.25, 0.3) is 0 Å². The van der Waals surface area contributed by atoms with Crippen LogP contribution in [-0.4, -0.2) is 47.6 Å². The minimum absolute atomic E-state index is 0.184. The van der Waals surface area contributed by atoms with Crippen molar-refractivity contribution in [2.24, 2.45) is 11.8 Å². The predicted molar refractivity (Wildman–Crippen MR) is 147 cm³/mol. The van der Waals surface area contributed by atoms with Crippen LogP contribution in [-0.2, 0) is 19.1 Å². The van der Waals surface area contributed by atoms with Crippen molar-refractivity contribution < 1.29 is 29.3 Å². The van der Waals surface area contributed by atoms with E-state index < -0.39 is 24.1 Å². The van der Waals surface area contributed by atoms with Gasteiger partial charge in [-0.3, -0.25) is 0 Å². The standard InChI is InChI=1S/C30H58O6/c1-25(2)21-17-13-9-5-7-11-15-19-23-35-29(33)27(31)28(32)30(34)36-24-20-16-12-8-6-10-14-18-22-26(3)4/h25-28,31-32H,5-24H2,1-4H3. The van der Waals surface area contributed by atoms with Gasteiger partial charge in [0.2, 0.25) is 0 Å². The summed E-state index contributed by atoms with van der Waals surface area (Å²) in [5, 5.41) is 19.8. The number of hydrogen-bond acceptors (Lipinski definition) is 6. The molecule has 6 heteroatoms. The molecule has 0 amide bonds. The molecule has 0 rings (SSSR count). The molecule has 0 saturated heterocycles. The van der Waals surface area contributed by atoms with E-state index in [4.69, 9.17) is 9.47 Å². The van der Waals surface area contributed by atoms with E-state index in [0.717, 1.165) is 37.5 Å². The van der Waals surface area contributed by atoms with Crippen molar-refractivity contribution in [1.82, 2.24) is 0 Å². The maximum atomic E-state index is 11.9. The van der Waals surface area contributed by atoms with Crippen LogP contribution in [0.5, 0.6) is 0 Å². The number of unbranched alkanes of at least 4 members (excludes halogenated alkanes) is 14. The molecular weight excluding hydrogens is 456 g/mol. The van der Waals surface area contributed by atoms with E-state index in [1.165, 1.54) is 77.0 Å². The Morgan fingerprint density at radius 3 is 1.00 bits per heavy atom. The quantitative estimate of drug-likeness (QED) is 0.0994. The van der Waals surface area contributed by atoms with Gasteiger partial charge < -0.3 is 19.7 Å². The maximum Gasteiger partial charge on any atom is 0.338 e. The van der Waals surface area contributed by atoms with Crippen LogP contribution in [0.15, 0.2) is 0 Å². The molecule has 0 spiro atoms. The summed E-state index contributed by atoms with van der Waals surface area (Å²) in [5.41, 5.74) is 0. The first-order valence-corrected chi connectivity index (χ1v) is 14.9. The van der Waals surface area contributed by atoms with Crippen molar-refractivity contribution in [3.05, 3.63) is 0 Å². The van der Waals surface area contributed by atoms with E-state index in [-0.39, 0.29) is 13.2 Å². The number of hydrogen-bond donors (Lipinski definition) is 2. The second-order valence-corrected chi connectivity index (χ2v) is 11.2. The molecule has 0 aromatic heterocycles. The highest BCUT2D eigenvalue weighted by Crippen LogP contribution is 2.14. The van der Waals surface area contributed by atoms with E-state index in [9.17, 15) is 19.8 Å². The molecule has 0 saturated carbocycles. The third kappa shape index (κ3) is 22.1. The van der Waals surface area contributed by atoms with Gasteiger partial charge in [-0.05, 0) is 24.7 Å². The first kappa shape index (κ1) is 34.9. The van der Waals surface area contributed by atoms with Crippen molar-refractivity contribution in [2.45, 2.75) is 155 Å². The van der Waals surface area contributed by atoms with Gasteiger partial charge in [0.05, 0.1) is 13.2 Å². The Bertz CT molecular complexity index is 474. The number of rotatable bonds is 25. The zero-order valence-corrected chi connectivity index (χ0v) is 24.0. The Labute approximate surface area is 221 Å². The van der Waals surface area contributed by atoms with Crippen LogP contribution < -0.4 is 0 Å². The van der Waals surface area contributed by atoms with E-state index in [1.807, 2.05) is 0 Å². The molecule has 2 unspecified atom stereocenters. The zero-order valence-electron chi connectivity index (χ0n) is 24.0. The summed E-state index contributed by atoms with van der Waals surface area (Å²) in [5.74, 6) is -0.371. The van der Waals surface area contributed by atoms with E-state index in [0.29, 0.717) is 12.8 Å². The van der Waals surface area contributed by atoms with Crippen molar-refractivity contribution >= 4 is 11.9 Å². The number of ether oxygens (including phenoxy) is 2. The summed E-state index contributed by atoms with van der Waals surface area (Å²) in [4.78, 5) is 23.8. The predicted octanol–water partition coefficient (Wildman–Crippen LogP) is 7.13. The lowest BCUT2D eigenvalue weighted by Gasteiger charge is -2.16. The Morgan fingerprint density at radius 2 is 0.722 bits per heavy atom. The summed E-state index contributed by atoms with van der Waals surface area (Å²) < 4.78 is 10.0. The van der Waals surface area contributed by atoms with Gasteiger partial charge in [-0.2, -0.15) is 0 Å². The SMILES string of the molecule is CC(C)CCCCCCCCCCOC(=O)C(O)C(O)C(=O)OCCCCCCCCCCC(C)C. The van der Waals surface area contributed by atoms with Crippen LogP contribution in [0.1, 0.15) is 143 Å². The highest BCUT2D eigenvalue weighted by atomic mass is 16.6. The lowest BCUT2D eigenvalue weighted by Crippen LogP contribution is -2.41. The largest absolute Gasteiger partial charge is 0.464 e. The average molecular weight is 515 g/mol. The Morgan fingerprint density at radius 1 is 0.472 bits per heavy atom. The van der Waals surface area contributed by atoms with Crippen LogP contribution >= 0.6 is 0 Å². The van der Waals surface area contributed by atoms with Gasteiger partial charge in [0, 0.05) is 0 Å². The molecule has 2 N–H and O–H groups in total. The van der Waals surface area contributed by atoms with Crippen LogP contribution in [0.4, 0.5) is 0 Å². The van der Waals surface area contributed by atoms with Crippen molar-refractivity contribution in [3.8, 4) is 0 Å². The molecule has 0 aliphatic carbocycles. The minimum atomic E-state index is -1.90. The second kappa shape index (κ2) is 24.2. The van der Waals surface area contributed by atoms with Gasteiger partial charge in [-0.25, -0.2) is 9.59 Å². The molecule has 0 fully saturated rings. The normalized spacial score (nSPS) is 13.2. The third-order valence-corrected chi connectivity index (χ3v) is 6.62. The van der Waals surface area contributed by atoms with E-state index in [1.54, 1.807) is 0 Å². The highest BCUT2D eigenvalue weighted by molar-refractivity contribution is 5.85. The van der Waals surface area contributed by atoms with Crippen molar-refractivity contribution in [2.75, 3.05) is 13.2 Å². The molecule has 2 atom stereocenters. The fourth-order valence-electron chi connectivity index (χ4n) is 4.20. The van der Waals surface area contributed by atoms with Gasteiger partial charge in [-0.1, -0.05) is 130 Å². The molecule has 6 nitrogen and oxygen atoms in total. The van der Waals surface area contributed by atoms with Gasteiger partial charge >= 0.3 is 11.9 Å². The fraction of sp³-hybridized carbons (Fsp3) is 0.933. The molecule has 0 aliphatic heterocycles. The number of carbonyl (C=O) groups is 2. The zero-order chi connectivity index (χ0) is 27.0. The summed E-state index contributed by atoms with van der Waals surface area (Å²) in [7, 11) is 0. The van der Waals surface area contributed by atoms with Crippen LogP contribution in [0.3, 0.4) is 0 Å². The Hall–Kier alpha value is -1.14. The highest BCUT2D eigenvalue weighted by Gasteiger charge is 2.32. The molecule has 214 valence electrons. The first-order chi connectivity index (χ1) is 17.3. The summed E-state index contributed by atoms with van der Waals surface area (Å²) in [6.45, 7) is 9.42. The van der Waals surface area contributed by atoms with Crippen molar-refractivity contribution in [3.63, 3.8) is 0 Å². The third-order valence-electron chi connectivity index (χ3n) is 6.62. The summed E-state index contributed by atoms with van der Waals surface area (Å²) >= 11 is 0. The van der Waals surface area contributed by atoms with Gasteiger partial charge in [-0.15, -0.1) is 0 Å². The number of aliphatic hydroxyl groups excluding tert-OH is 2. The lowest BCUT2D eigenvalue weighted by molar-refractivity contribution is -0.173. The molecule has 0 bridgehead atoms. The van der Waals surface area contributed by atoms with Gasteiger partial charge in [0.15, 0.2) is 12.2 Å². The number of aliphatic hydroxyl groups is 2. The molecule has 0 aromatic rings. The Kier molecular flexibility index (Phi) is 23.4. The smallest absolute Gasteiger partial charge is 0.338 e. The lowest BCUT2D eigenvalue weighted by atomic mass is 10.0. The maximum absolute atomic E-state index is 11.9. The average Bonchev–Trinajstić information content (AvgIpc) is 2.84. The monoisotopic (exact) mass is 514 g/mol. The molecule has 36 heavy (non-hydrogen) atoms. The fourth-order valence-corrected chi connectivity index (χ4v) is 4.20. The molecule has 0 aromatic carbocycles. The van der Waals surface area contributed by atoms with Gasteiger partial charge in [0.25, 0.3) is 0 Å². The molecule has 0 aliphatic rings. The van der Waals surface area contributed by atoms with E-state index >= 15 is 0 Å². The second-order valence-electron chi connectivity index (χ2n) is 11.2. The molecule has 0 heterocycles. The van der Waals surface area contributed by atoms with E-state index in [2.05, 4.69) is 27.7 Å². The van der Waals surface area contributed by atoms with Crippen molar-refractivity contribution in [1.29, 1.82) is 0 Å². The summed E-state index contributed by atoms with van der Waals surface area (Å²) in [6.07, 6.45) is 17.0. The number of esters is 2. The topological polar surface area (TPSA) is 93.1 Å². The van der Waals surface area contributed by atoms with Gasteiger partial charge in [0.1, 0.15) is 0 Å². The summed E-state index contributed by atoms with van der Waals surface area (Å²) in [6, 6.07) is 0. The number of carbonyl (C=O) groups excluding carboxylic acids is 2.